The molecule has 1 aromatic rings. The zero-order chi connectivity index (χ0) is 14.8. The molecule has 0 spiro atoms. The van der Waals surface area contributed by atoms with Crippen molar-refractivity contribution in [2.45, 2.75) is 39.7 Å². The van der Waals surface area contributed by atoms with Gasteiger partial charge in [0.05, 0.1) is 13.2 Å². The van der Waals surface area contributed by atoms with Crippen LogP contribution in [0.5, 0.6) is 11.5 Å². The molecule has 0 aromatic heterocycles. The molecule has 0 heterocycles. The molecule has 1 rings (SSSR count). The van der Waals surface area contributed by atoms with Crippen LogP contribution in [-0.2, 0) is 11.2 Å². The Morgan fingerprint density at radius 3 is 2.45 bits per heavy atom. The molecule has 0 saturated carbocycles. The summed E-state index contributed by atoms with van der Waals surface area (Å²) in [7, 11) is 0. The summed E-state index contributed by atoms with van der Waals surface area (Å²) in [6, 6.07) is 6.21. The first-order valence-electron chi connectivity index (χ1n) is 7.43. The van der Waals surface area contributed by atoms with Crippen LogP contribution in [0.25, 0.3) is 0 Å². The summed E-state index contributed by atoms with van der Waals surface area (Å²) in [6.45, 7) is 8.47. The Kier molecular flexibility index (Phi) is 8.07. The second-order valence-corrected chi connectivity index (χ2v) is 4.63. The van der Waals surface area contributed by atoms with Crippen molar-refractivity contribution < 1.29 is 14.2 Å². The fraction of sp³-hybridized carbons (Fsp3) is 0.625. The average Bonchev–Trinajstić information content (AvgIpc) is 2.45. The number of nitrogens with two attached hydrogens (primary N) is 1. The molecular weight excluding hydrogens is 254 g/mol. The molecule has 0 saturated heterocycles. The Morgan fingerprint density at radius 2 is 1.80 bits per heavy atom. The monoisotopic (exact) mass is 281 g/mol. The van der Waals surface area contributed by atoms with Gasteiger partial charge in [-0.15, -0.1) is 0 Å². The molecule has 4 heteroatoms. The number of benzene rings is 1. The van der Waals surface area contributed by atoms with Crippen molar-refractivity contribution in [3.05, 3.63) is 23.8 Å². The second-order valence-electron chi connectivity index (χ2n) is 4.63. The van der Waals surface area contributed by atoms with Gasteiger partial charge >= 0.3 is 0 Å². The van der Waals surface area contributed by atoms with E-state index in [0.717, 1.165) is 24.3 Å². The summed E-state index contributed by atoms with van der Waals surface area (Å²) >= 11 is 0. The predicted molar refractivity (Wildman–Crippen MR) is 81.6 cm³/mol. The maximum absolute atomic E-state index is 5.99. The highest BCUT2D eigenvalue weighted by molar-refractivity contribution is 5.43. The molecule has 114 valence electrons. The van der Waals surface area contributed by atoms with Gasteiger partial charge in [-0.05, 0) is 44.4 Å². The Hall–Kier alpha value is -1.26. The van der Waals surface area contributed by atoms with E-state index in [1.807, 2.05) is 32.0 Å². The quantitative estimate of drug-likeness (QED) is 0.670. The third-order valence-electron chi connectivity index (χ3n) is 3.02. The summed E-state index contributed by atoms with van der Waals surface area (Å²) < 4.78 is 16.6. The maximum Gasteiger partial charge on any atom is 0.161 e. The summed E-state index contributed by atoms with van der Waals surface area (Å²) in [5, 5.41) is 0. The van der Waals surface area contributed by atoms with Gasteiger partial charge < -0.3 is 19.9 Å². The van der Waals surface area contributed by atoms with Crippen LogP contribution in [0.3, 0.4) is 0 Å². The highest BCUT2D eigenvalue weighted by Gasteiger charge is 2.08. The molecule has 1 aromatic carbocycles. The average molecular weight is 281 g/mol. The van der Waals surface area contributed by atoms with E-state index in [1.54, 1.807) is 0 Å². The molecule has 2 N–H and O–H groups in total. The molecule has 0 aliphatic carbocycles. The van der Waals surface area contributed by atoms with Gasteiger partial charge in [-0.25, -0.2) is 0 Å². The minimum absolute atomic E-state index is 0.189. The zero-order valence-electron chi connectivity index (χ0n) is 12.9. The van der Waals surface area contributed by atoms with E-state index in [2.05, 4.69) is 6.92 Å². The molecule has 1 unspecified atom stereocenters. The van der Waals surface area contributed by atoms with E-state index in [-0.39, 0.29) is 6.04 Å². The largest absolute Gasteiger partial charge is 0.490 e. The van der Waals surface area contributed by atoms with E-state index < -0.39 is 0 Å². The third-order valence-corrected chi connectivity index (χ3v) is 3.02. The fourth-order valence-electron chi connectivity index (χ4n) is 1.87. The molecule has 0 radical (unpaired) electrons. The summed E-state index contributed by atoms with van der Waals surface area (Å²) in [5.74, 6) is 1.55. The SMILES string of the molecule is CCOCCOc1ccc(CC(N)CC)cc1OCC. The molecule has 1 atom stereocenters. The Balaban J connectivity index is 2.68. The number of hydrogen-bond donors (Lipinski definition) is 1. The molecule has 0 amide bonds. The van der Waals surface area contributed by atoms with Crippen LogP contribution >= 0.6 is 0 Å². The minimum atomic E-state index is 0.189. The van der Waals surface area contributed by atoms with Gasteiger partial charge in [-0.1, -0.05) is 13.0 Å². The van der Waals surface area contributed by atoms with Gasteiger partial charge in [0.2, 0.25) is 0 Å². The van der Waals surface area contributed by atoms with Gasteiger partial charge in [-0.3, -0.25) is 0 Å². The van der Waals surface area contributed by atoms with Gasteiger partial charge in [0.1, 0.15) is 6.61 Å². The Morgan fingerprint density at radius 1 is 1.00 bits per heavy atom. The van der Waals surface area contributed by atoms with Gasteiger partial charge in [0, 0.05) is 12.6 Å². The van der Waals surface area contributed by atoms with E-state index >= 15 is 0 Å². The standard InChI is InChI=1S/C16H27NO3/c1-4-14(17)11-13-7-8-15(16(12-13)19-6-3)20-10-9-18-5-2/h7-8,12,14H,4-6,9-11,17H2,1-3H3. The Labute approximate surface area is 122 Å². The van der Waals surface area contributed by atoms with Crippen LogP contribution in [0.1, 0.15) is 32.8 Å². The lowest BCUT2D eigenvalue weighted by atomic mass is 10.0. The summed E-state index contributed by atoms with van der Waals surface area (Å²) in [4.78, 5) is 0. The van der Waals surface area contributed by atoms with Crippen LogP contribution in [-0.4, -0.2) is 32.5 Å². The van der Waals surface area contributed by atoms with Crippen molar-refractivity contribution in [2.75, 3.05) is 26.4 Å². The molecule has 4 nitrogen and oxygen atoms in total. The van der Waals surface area contributed by atoms with E-state index in [9.17, 15) is 0 Å². The first-order valence-corrected chi connectivity index (χ1v) is 7.43. The first-order chi connectivity index (χ1) is 9.71. The smallest absolute Gasteiger partial charge is 0.161 e. The van der Waals surface area contributed by atoms with Crippen molar-refractivity contribution in [2.24, 2.45) is 5.73 Å². The predicted octanol–water partition coefficient (Wildman–Crippen LogP) is 2.78. The van der Waals surface area contributed by atoms with E-state index in [0.29, 0.717) is 26.4 Å². The topological polar surface area (TPSA) is 53.7 Å². The van der Waals surface area contributed by atoms with Crippen molar-refractivity contribution in [1.82, 2.24) is 0 Å². The molecule has 0 bridgehead atoms. The third kappa shape index (κ3) is 5.80. The summed E-state index contributed by atoms with van der Waals surface area (Å²) in [6.07, 6.45) is 1.83. The fourth-order valence-corrected chi connectivity index (χ4v) is 1.87. The van der Waals surface area contributed by atoms with Gasteiger partial charge in [0.15, 0.2) is 11.5 Å². The van der Waals surface area contributed by atoms with Crippen LogP contribution in [0.4, 0.5) is 0 Å². The lowest BCUT2D eigenvalue weighted by Crippen LogP contribution is -2.21. The molecule has 0 aliphatic rings. The van der Waals surface area contributed by atoms with Gasteiger partial charge in [-0.2, -0.15) is 0 Å². The van der Waals surface area contributed by atoms with Crippen molar-refractivity contribution in [3.63, 3.8) is 0 Å². The maximum atomic E-state index is 5.99. The molecule has 0 fully saturated rings. The zero-order valence-corrected chi connectivity index (χ0v) is 12.9. The highest BCUT2D eigenvalue weighted by atomic mass is 16.5. The van der Waals surface area contributed by atoms with Crippen LogP contribution in [0.2, 0.25) is 0 Å². The van der Waals surface area contributed by atoms with E-state index in [4.69, 9.17) is 19.9 Å². The number of ether oxygens (including phenoxy) is 3. The van der Waals surface area contributed by atoms with E-state index in [1.165, 1.54) is 5.56 Å². The second kappa shape index (κ2) is 9.61. The van der Waals surface area contributed by atoms with Crippen molar-refractivity contribution in [1.29, 1.82) is 0 Å². The Bertz CT molecular complexity index is 382. The number of hydrogen-bond acceptors (Lipinski definition) is 4. The molecule has 0 aliphatic heterocycles. The normalized spacial score (nSPS) is 12.2. The minimum Gasteiger partial charge on any atom is -0.490 e. The molecular formula is C16H27NO3. The lowest BCUT2D eigenvalue weighted by Gasteiger charge is -2.15. The highest BCUT2D eigenvalue weighted by Crippen LogP contribution is 2.29. The first kappa shape index (κ1) is 16.8. The van der Waals surface area contributed by atoms with Crippen LogP contribution < -0.4 is 15.2 Å². The van der Waals surface area contributed by atoms with Gasteiger partial charge in [0.25, 0.3) is 0 Å². The molecule has 20 heavy (non-hydrogen) atoms. The lowest BCUT2D eigenvalue weighted by molar-refractivity contribution is 0.108. The van der Waals surface area contributed by atoms with Crippen molar-refractivity contribution >= 4 is 0 Å². The summed E-state index contributed by atoms with van der Waals surface area (Å²) in [5.41, 5.74) is 7.17. The van der Waals surface area contributed by atoms with Crippen molar-refractivity contribution in [3.8, 4) is 11.5 Å². The van der Waals surface area contributed by atoms with Crippen LogP contribution in [0.15, 0.2) is 18.2 Å². The number of rotatable bonds is 10. The van der Waals surface area contributed by atoms with Crippen LogP contribution in [0, 0.1) is 0 Å².